The summed E-state index contributed by atoms with van der Waals surface area (Å²) < 4.78 is 11.5. The third-order valence-electron chi connectivity index (χ3n) is 3.44. The third kappa shape index (κ3) is 6.12. The van der Waals surface area contributed by atoms with E-state index in [1.807, 2.05) is 36.4 Å². The molecule has 1 heterocycles. The first-order valence-corrected chi connectivity index (χ1v) is 8.66. The van der Waals surface area contributed by atoms with Crippen molar-refractivity contribution < 1.29 is 9.47 Å². The number of pyridine rings is 1. The molecule has 0 aliphatic rings. The summed E-state index contributed by atoms with van der Waals surface area (Å²) in [5.41, 5.74) is 0.931. The summed E-state index contributed by atoms with van der Waals surface area (Å²) in [6.07, 6.45) is 4.47. The molecule has 0 atom stereocenters. The highest BCUT2D eigenvalue weighted by Gasteiger charge is 2.07. The van der Waals surface area contributed by atoms with Crippen LogP contribution in [0.2, 0.25) is 0 Å². The minimum atomic E-state index is 0.539. The van der Waals surface area contributed by atoms with Gasteiger partial charge in [-0.3, -0.25) is 4.99 Å². The second-order valence-corrected chi connectivity index (χ2v) is 5.48. The Morgan fingerprint density at radius 1 is 1.19 bits per heavy atom. The molecule has 0 aliphatic carbocycles. The molecule has 0 fully saturated rings. The normalized spacial score (nSPS) is 10.9. The monoisotopic (exact) mass is 354 g/mol. The highest BCUT2D eigenvalue weighted by molar-refractivity contribution is 5.79. The lowest BCUT2D eigenvalue weighted by atomic mass is 10.2. The standard InChI is InChI=1S/C20H26N4O2/c1-4-12-23-20(21-3)24-15-16-7-6-13-22-19(16)26-18-10-8-17(9-11-18)25-14-5-2/h4,6-11,13H,1,5,12,14-15H2,2-3H3,(H2,21,23,24). The van der Waals surface area contributed by atoms with Gasteiger partial charge in [-0.05, 0) is 36.8 Å². The predicted octanol–water partition coefficient (Wildman–Crippen LogP) is 3.51. The van der Waals surface area contributed by atoms with Crippen molar-refractivity contribution in [3.63, 3.8) is 0 Å². The maximum absolute atomic E-state index is 5.93. The van der Waals surface area contributed by atoms with Gasteiger partial charge in [-0.2, -0.15) is 0 Å². The predicted molar refractivity (Wildman–Crippen MR) is 105 cm³/mol. The van der Waals surface area contributed by atoms with E-state index in [0.717, 1.165) is 17.7 Å². The number of ether oxygens (including phenoxy) is 2. The summed E-state index contributed by atoms with van der Waals surface area (Å²) >= 11 is 0. The first-order chi connectivity index (χ1) is 12.8. The highest BCUT2D eigenvalue weighted by atomic mass is 16.5. The van der Waals surface area contributed by atoms with Crippen molar-refractivity contribution in [2.45, 2.75) is 19.9 Å². The molecule has 0 radical (unpaired) electrons. The molecule has 0 bridgehead atoms. The number of rotatable bonds is 9. The summed E-state index contributed by atoms with van der Waals surface area (Å²) in [4.78, 5) is 8.50. The van der Waals surface area contributed by atoms with Crippen LogP contribution in [0.5, 0.6) is 17.4 Å². The Bertz CT molecular complexity index is 714. The Labute approximate surface area is 155 Å². The fourth-order valence-corrected chi connectivity index (χ4v) is 2.15. The van der Waals surface area contributed by atoms with Gasteiger partial charge in [0.15, 0.2) is 5.96 Å². The second kappa shape index (κ2) is 10.8. The van der Waals surface area contributed by atoms with Crippen LogP contribution >= 0.6 is 0 Å². The van der Waals surface area contributed by atoms with E-state index in [9.17, 15) is 0 Å². The Morgan fingerprint density at radius 3 is 2.65 bits per heavy atom. The van der Waals surface area contributed by atoms with Crippen molar-refractivity contribution in [3.05, 3.63) is 60.8 Å². The van der Waals surface area contributed by atoms with Gasteiger partial charge in [-0.15, -0.1) is 6.58 Å². The molecule has 138 valence electrons. The lowest BCUT2D eigenvalue weighted by Gasteiger charge is -2.13. The first kappa shape index (κ1) is 19.3. The van der Waals surface area contributed by atoms with E-state index in [4.69, 9.17) is 9.47 Å². The molecule has 0 saturated heterocycles. The van der Waals surface area contributed by atoms with Crippen molar-refractivity contribution in [1.82, 2.24) is 15.6 Å². The topological polar surface area (TPSA) is 67.8 Å². The Hall–Kier alpha value is -3.02. The van der Waals surface area contributed by atoms with E-state index in [-0.39, 0.29) is 0 Å². The van der Waals surface area contributed by atoms with E-state index < -0.39 is 0 Å². The molecule has 0 saturated carbocycles. The van der Waals surface area contributed by atoms with Crippen molar-refractivity contribution >= 4 is 5.96 Å². The summed E-state index contributed by atoms with van der Waals surface area (Å²) in [5.74, 6) is 2.79. The lowest BCUT2D eigenvalue weighted by Crippen LogP contribution is -2.36. The molecule has 6 nitrogen and oxygen atoms in total. The summed E-state index contributed by atoms with van der Waals surface area (Å²) in [6, 6.07) is 11.4. The molecule has 0 amide bonds. The molecule has 26 heavy (non-hydrogen) atoms. The largest absolute Gasteiger partial charge is 0.494 e. The molecule has 0 spiro atoms. The van der Waals surface area contributed by atoms with Gasteiger partial charge in [-0.1, -0.05) is 19.1 Å². The van der Waals surface area contributed by atoms with E-state index >= 15 is 0 Å². The molecule has 6 heteroatoms. The molecule has 0 aliphatic heterocycles. The number of hydrogen-bond acceptors (Lipinski definition) is 4. The van der Waals surface area contributed by atoms with Crippen LogP contribution in [0.1, 0.15) is 18.9 Å². The Kier molecular flexibility index (Phi) is 7.99. The summed E-state index contributed by atoms with van der Waals surface area (Å²) in [7, 11) is 1.72. The lowest BCUT2D eigenvalue weighted by molar-refractivity contribution is 0.317. The number of aromatic nitrogens is 1. The van der Waals surface area contributed by atoms with Gasteiger partial charge < -0.3 is 20.1 Å². The van der Waals surface area contributed by atoms with Gasteiger partial charge in [0.2, 0.25) is 5.88 Å². The van der Waals surface area contributed by atoms with Crippen LogP contribution in [0.25, 0.3) is 0 Å². The van der Waals surface area contributed by atoms with Gasteiger partial charge in [0.25, 0.3) is 0 Å². The zero-order chi connectivity index (χ0) is 18.6. The highest BCUT2D eigenvalue weighted by Crippen LogP contribution is 2.25. The molecule has 2 rings (SSSR count). The van der Waals surface area contributed by atoms with Gasteiger partial charge in [0.1, 0.15) is 11.5 Å². The van der Waals surface area contributed by atoms with Crippen LogP contribution < -0.4 is 20.1 Å². The number of guanidine groups is 1. The zero-order valence-corrected chi connectivity index (χ0v) is 15.4. The Balaban J connectivity index is 2.00. The van der Waals surface area contributed by atoms with Crippen LogP contribution in [0.4, 0.5) is 0 Å². The van der Waals surface area contributed by atoms with Gasteiger partial charge in [0, 0.05) is 31.9 Å². The fraction of sp³-hybridized carbons (Fsp3) is 0.300. The summed E-state index contributed by atoms with van der Waals surface area (Å²) in [5, 5.41) is 6.36. The van der Waals surface area contributed by atoms with Crippen molar-refractivity contribution in [2.24, 2.45) is 4.99 Å². The quantitative estimate of drug-likeness (QED) is 0.410. The van der Waals surface area contributed by atoms with Crippen LogP contribution in [-0.4, -0.2) is 31.1 Å². The SMILES string of the molecule is C=CCNC(=NC)NCc1cccnc1Oc1ccc(OCCC)cc1. The van der Waals surface area contributed by atoms with Crippen LogP contribution in [-0.2, 0) is 6.54 Å². The smallest absolute Gasteiger partial charge is 0.224 e. The van der Waals surface area contributed by atoms with E-state index in [1.54, 1.807) is 19.3 Å². The number of hydrogen-bond donors (Lipinski definition) is 2. The number of aliphatic imine (C=N–C) groups is 1. The second-order valence-electron chi connectivity index (χ2n) is 5.48. The Morgan fingerprint density at radius 2 is 1.96 bits per heavy atom. The number of nitrogens with zero attached hydrogens (tertiary/aromatic N) is 2. The number of nitrogens with one attached hydrogen (secondary N) is 2. The average Bonchev–Trinajstić information content (AvgIpc) is 2.68. The van der Waals surface area contributed by atoms with Crippen molar-refractivity contribution in [3.8, 4) is 17.4 Å². The van der Waals surface area contributed by atoms with Gasteiger partial charge in [-0.25, -0.2) is 4.98 Å². The first-order valence-electron chi connectivity index (χ1n) is 8.66. The third-order valence-corrected chi connectivity index (χ3v) is 3.44. The molecule has 2 N–H and O–H groups in total. The minimum absolute atomic E-state index is 0.539. The van der Waals surface area contributed by atoms with Gasteiger partial charge >= 0.3 is 0 Å². The van der Waals surface area contributed by atoms with E-state index in [2.05, 4.69) is 34.1 Å². The molecule has 1 aromatic heterocycles. The van der Waals surface area contributed by atoms with Crippen molar-refractivity contribution in [2.75, 3.05) is 20.2 Å². The molecule has 0 unspecified atom stereocenters. The van der Waals surface area contributed by atoms with E-state index in [1.165, 1.54) is 0 Å². The fourth-order valence-electron chi connectivity index (χ4n) is 2.15. The van der Waals surface area contributed by atoms with Crippen LogP contribution in [0.3, 0.4) is 0 Å². The average molecular weight is 354 g/mol. The van der Waals surface area contributed by atoms with Gasteiger partial charge in [0.05, 0.1) is 6.61 Å². The molecular weight excluding hydrogens is 328 g/mol. The van der Waals surface area contributed by atoms with Crippen LogP contribution in [0.15, 0.2) is 60.2 Å². The molecule has 2 aromatic rings. The summed E-state index contributed by atoms with van der Waals surface area (Å²) in [6.45, 7) is 7.65. The van der Waals surface area contributed by atoms with Crippen molar-refractivity contribution in [1.29, 1.82) is 0 Å². The zero-order valence-electron chi connectivity index (χ0n) is 15.4. The maximum Gasteiger partial charge on any atom is 0.224 e. The van der Waals surface area contributed by atoms with E-state index in [0.29, 0.717) is 37.3 Å². The minimum Gasteiger partial charge on any atom is -0.494 e. The maximum atomic E-state index is 5.93. The molecule has 1 aromatic carbocycles. The number of benzene rings is 1. The van der Waals surface area contributed by atoms with Crippen LogP contribution in [0, 0.1) is 0 Å². The molecular formula is C20H26N4O2.